The lowest BCUT2D eigenvalue weighted by molar-refractivity contribution is -0.125. The van der Waals surface area contributed by atoms with E-state index in [4.69, 9.17) is 4.74 Å². The molecular formula is C22H34N2O2. The molecule has 26 heavy (non-hydrogen) atoms. The van der Waals surface area contributed by atoms with Crippen LogP contribution in [0.15, 0.2) is 30.3 Å². The minimum Gasteiger partial charge on any atom is -0.371 e. The molecule has 1 saturated heterocycles. The molecule has 1 aromatic carbocycles. The van der Waals surface area contributed by atoms with Gasteiger partial charge >= 0.3 is 0 Å². The number of piperidine rings is 1. The third-order valence-electron chi connectivity index (χ3n) is 5.98. The number of hydrogen-bond acceptors (Lipinski definition) is 3. The zero-order valence-corrected chi connectivity index (χ0v) is 16.2. The van der Waals surface area contributed by atoms with E-state index < -0.39 is 0 Å². The maximum absolute atomic E-state index is 12.6. The van der Waals surface area contributed by atoms with Crippen LogP contribution in [0.2, 0.25) is 0 Å². The van der Waals surface area contributed by atoms with Crippen molar-refractivity contribution in [2.24, 2.45) is 5.92 Å². The second-order valence-electron chi connectivity index (χ2n) is 7.88. The number of rotatable bonds is 7. The van der Waals surface area contributed by atoms with Gasteiger partial charge in [-0.15, -0.1) is 0 Å². The molecular weight excluding hydrogens is 324 g/mol. The molecule has 1 N–H and O–H groups in total. The van der Waals surface area contributed by atoms with Crippen LogP contribution in [0, 0.1) is 5.92 Å². The highest BCUT2D eigenvalue weighted by Gasteiger charge is 2.28. The Hall–Kier alpha value is -1.39. The van der Waals surface area contributed by atoms with Crippen LogP contribution < -0.4 is 5.32 Å². The molecule has 1 aliphatic carbocycles. The largest absolute Gasteiger partial charge is 0.371 e. The van der Waals surface area contributed by atoms with Crippen LogP contribution in [-0.2, 0) is 16.1 Å². The normalized spacial score (nSPS) is 25.1. The Labute approximate surface area is 158 Å². The lowest BCUT2D eigenvalue weighted by Gasteiger charge is -2.34. The van der Waals surface area contributed by atoms with Gasteiger partial charge in [0.25, 0.3) is 0 Å². The molecule has 144 valence electrons. The van der Waals surface area contributed by atoms with Crippen molar-refractivity contribution in [3.05, 3.63) is 35.9 Å². The minimum absolute atomic E-state index is 0.148. The van der Waals surface area contributed by atoms with Crippen molar-refractivity contribution in [3.8, 4) is 0 Å². The summed E-state index contributed by atoms with van der Waals surface area (Å²) in [5.41, 5.74) is 1.20. The number of ether oxygens (including phenoxy) is 1. The Bertz CT molecular complexity index is 540. The number of hydrogen-bond donors (Lipinski definition) is 1. The molecule has 1 aromatic rings. The predicted molar refractivity (Wildman–Crippen MR) is 105 cm³/mol. The molecule has 1 saturated carbocycles. The number of nitrogens with zero attached hydrogens (tertiary/aromatic N) is 1. The highest BCUT2D eigenvalue weighted by atomic mass is 16.5. The van der Waals surface area contributed by atoms with E-state index in [0.717, 1.165) is 45.3 Å². The molecule has 0 spiro atoms. The lowest BCUT2D eigenvalue weighted by atomic mass is 9.90. The molecule has 2 aliphatic rings. The number of nitrogens with one attached hydrogen (secondary N) is 1. The highest BCUT2D eigenvalue weighted by Crippen LogP contribution is 2.24. The first-order valence-corrected chi connectivity index (χ1v) is 10.4. The Kier molecular flexibility index (Phi) is 7.51. The van der Waals surface area contributed by atoms with Crippen molar-refractivity contribution in [3.63, 3.8) is 0 Å². The maximum atomic E-state index is 12.6. The van der Waals surface area contributed by atoms with Gasteiger partial charge in [-0.1, -0.05) is 50.1 Å². The number of carbonyl (C=O) groups excluding carboxylic acids is 1. The molecule has 4 heteroatoms. The number of benzene rings is 1. The van der Waals surface area contributed by atoms with Crippen molar-refractivity contribution in [2.45, 2.75) is 70.6 Å². The van der Waals surface area contributed by atoms with Gasteiger partial charge in [-0.05, 0) is 56.8 Å². The SMILES string of the molecule is CCN1CCC(CC(=O)N[C@H]2CCCC[C@@H]2OCc2ccccc2)CC1. The van der Waals surface area contributed by atoms with Gasteiger partial charge in [-0.2, -0.15) is 0 Å². The summed E-state index contributed by atoms with van der Waals surface area (Å²) in [5.74, 6) is 0.769. The van der Waals surface area contributed by atoms with E-state index in [0.29, 0.717) is 18.9 Å². The standard InChI is InChI=1S/C22H34N2O2/c1-2-24-14-12-18(13-15-24)16-22(25)23-20-10-6-7-11-21(20)26-17-19-8-4-3-5-9-19/h3-5,8-9,18,20-21H,2,6-7,10-17H2,1H3,(H,23,25)/t20-,21-/m0/s1. The number of amides is 1. The topological polar surface area (TPSA) is 41.6 Å². The fraction of sp³-hybridized carbons (Fsp3) is 0.682. The van der Waals surface area contributed by atoms with Crippen LogP contribution in [0.3, 0.4) is 0 Å². The smallest absolute Gasteiger partial charge is 0.220 e. The highest BCUT2D eigenvalue weighted by molar-refractivity contribution is 5.76. The second-order valence-corrected chi connectivity index (χ2v) is 7.88. The first-order valence-electron chi connectivity index (χ1n) is 10.4. The summed E-state index contributed by atoms with van der Waals surface area (Å²) in [6.07, 6.45) is 7.60. The van der Waals surface area contributed by atoms with Crippen LogP contribution in [0.25, 0.3) is 0 Å². The summed E-state index contributed by atoms with van der Waals surface area (Å²) in [4.78, 5) is 15.0. The third kappa shape index (κ3) is 5.82. The second kappa shape index (κ2) is 10.1. The van der Waals surface area contributed by atoms with Crippen LogP contribution in [0.4, 0.5) is 0 Å². The van der Waals surface area contributed by atoms with Crippen LogP contribution in [0.5, 0.6) is 0 Å². The summed E-state index contributed by atoms with van der Waals surface area (Å²) >= 11 is 0. The average molecular weight is 359 g/mol. The maximum Gasteiger partial charge on any atom is 0.220 e. The van der Waals surface area contributed by atoms with E-state index in [9.17, 15) is 4.79 Å². The first-order chi connectivity index (χ1) is 12.7. The molecule has 1 heterocycles. The lowest BCUT2D eigenvalue weighted by Crippen LogP contribution is -2.47. The molecule has 2 fully saturated rings. The van der Waals surface area contributed by atoms with Gasteiger partial charge in [0.1, 0.15) is 0 Å². The Morgan fingerprint density at radius 3 is 2.58 bits per heavy atom. The quantitative estimate of drug-likeness (QED) is 0.807. The van der Waals surface area contributed by atoms with Gasteiger partial charge in [-0.25, -0.2) is 0 Å². The summed E-state index contributed by atoms with van der Waals surface area (Å²) in [7, 11) is 0. The van der Waals surface area contributed by atoms with Crippen molar-refractivity contribution >= 4 is 5.91 Å². The molecule has 1 aliphatic heterocycles. The van der Waals surface area contributed by atoms with Crippen LogP contribution in [0.1, 0.15) is 57.4 Å². The fourth-order valence-electron chi connectivity index (χ4n) is 4.27. The van der Waals surface area contributed by atoms with Crippen LogP contribution in [-0.4, -0.2) is 42.6 Å². The minimum atomic E-state index is 0.148. The molecule has 0 radical (unpaired) electrons. The number of carbonyl (C=O) groups is 1. The zero-order chi connectivity index (χ0) is 18.2. The van der Waals surface area contributed by atoms with Gasteiger partial charge in [0.05, 0.1) is 18.8 Å². The van der Waals surface area contributed by atoms with E-state index >= 15 is 0 Å². The summed E-state index contributed by atoms with van der Waals surface area (Å²) < 4.78 is 6.18. The monoisotopic (exact) mass is 358 g/mol. The van der Waals surface area contributed by atoms with Crippen molar-refractivity contribution in [2.75, 3.05) is 19.6 Å². The van der Waals surface area contributed by atoms with Gasteiger partial charge in [0, 0.05) is 6.42 Å². The van der Waals surface area contributed by atoms with E-state index in [1.54, 1.807) is 0 Å². The van der Waals surface area contributed by atoms with E-state index in [-0.39, 0.29) is 18.1 Å². The molecule has 0 unspecified atom stereocenters. The predicted octanol–water partition coefficient (Wildman–Crippen LogP) is 3.75. The zero-order valence-electron chi connectivity index (χ0n) is 16.2. The van der Waals surface area contributed by atoms with E-state index in [2.05, 4.69) is 29.3 Å². The number of likely N-dealkylation sites (tertiary alicyclic amines) is 1. The Morgan fingerprint density at radius 2 is 1.85 bits per heavy atom. The Balaban J connectivity index is 1.44. The summed E-state index contributed by atoms with van der Waals surface area (Å²) in [6, 6.07) is 10.5. The third-order valence-corrected chi connectivity index (χ3v) is 5.98. The molecule has 0 bridgehead atoms. The summed E-state index contributed by atoms with van der Waals surface area (Å²) in [5, 5.41) is 3.30. The molecule has 3 rings (SSSR count). The molecule has 4 nitrogen and oxygen atoms in total. The van der Waals surface area contributed by atoms with Gasteiger partial charge < -0.3 is 15.0 Å². The van der Waals surface area contributed by atoms with E-state index in [1.165, 1.54) is 18.4 Å². The van der Waals surface area contributed by atoms with Crippen molar-refractivity contribution in [1.29, 1.82) is 0 Å². The Morgan fingerprint density at radius 1 is 1.12 bits per heavy atom. The van der Waals surface area contributed by atoms with Gasteiger partial charge in [-0.3, -0.25) is 4.79 Å². The van der Waals surface area contributed by atoms with Crippen molar-refractivity contribution in [1.82, 2.24) is 10.2 Å². The van der Waals surface area contributed by atoms with E-state index in [1.807, 2.05) is 18.2 Å². The molecule has 2 atom stereocenters. The van der Waals surface area contributed by atoms with Gasteiger partial charge in [0.2, 0.25) is 5.91 Å². The average Bonchev–Trinajstić information content (AvgIpc) is 2.68. The van der Waals surface area contributed by atoms with Crippen molar-refractivity contribution < 1.29 is 9.53 Å². The summed E-state index contributed by atoms with van der Waals surface area (Å²) in [6.45, 7) is 6.25. The van der Waals surface area contributed by atoms with Crippen LogP contribution >= 0.6 is 0 Å². The fourth-order valence-corrected chi connectivity index (χ4v) is 4.27. The molecule has 0 aromatic heterocycles. The van der Waals surface area contributed by atoms with Gasteiger partial charge in [0.15, 0.2) is 0 Å². The first kappa shape index (κ1) is 19.4. The molecule has 1 amide bonds.